The maximum Gasteiger partial charge on any atom is 0.152 e. The number of fused-ring (bicyclic) bond motifs is 1. The van der Waals surface area contributed by atoms with Gasteiger partial charge >= 0.3 is 0 Å². The number of aromatic nitrogens is 3. The van der Waals surface area contributed by atoms with Crippen LogP contribution in [-0.2, 0) is 6.54 Å². The summed E-state index contributed by atoms with van der Waals surface area (Å²) in [5, 5.41) is 4.25. The molecule has 0 unspecified atom stereocenters. The van der Waals surface area contributed by atoms with Crippen molar-refractivity contribution < 1.29 is 4.79 Å². The predicted octanol–water partition coefficient (Wildman–Crippen LogP) is 1.63. The fourth-order valence-electron chi connectivity index (χ4n) is 2.19. The zero-order valence-electron chi connectivity index (χ0n) is 9.28. The summed E-state index contributed by atoms with van der Waals surface area (Å²) in [6.45, 7) is 1.81. The average molecular weight is 228 g/mol. The van der Waals surface area contributed by atoms with Crippen LogP contribution in [0, 0.1) is 0 Å². The topological polar surface area (TPSA) is 51.0 Å². The first-order valence-electron chi connectivity index (χ1n) is 5.58. The van der Waals surface area contributed by atoms with E-state index in [9.17, 15) is 4.79 Å². The minimum atomic E-state index is 0.662. The maximum atomic E-state index is 11.0. The van der Waals surface area contributed by atoms with Crippen LogP contribution < -0.4 is 4.90 Å². The summed E-state index contributed by atoms with van der Waals surface area (Å²) < 4.78 is 1.95. The highest BCUT2D eigenvalue weighted by molar-refractivity contribution is 5.85. The summed E-state index contributed by atoms with van der Waals surface area (Å²) in [6.07, 6.45) is 7.03. The Morgan fingerprint density at radius 1 is 1.24 bits per heavy atom. The van der Waals surface area contributed by atoms with E-state index in [1.165, 1.54) is 0 Å². The Morgan fingerprint density at radius 2 is 2.18 bits per heavy atom. The number of pyridine rings is 1. The standard InChI is InChI=1S/C12H12N4O/c17-9-10-2-4-13-8-11(10)15-6-1-7-16-12(15)3-5-14-16/h2-5,8-9H,1,6-7H2. The minimum Gasteiger partial charge on any atom is -0.325 e. The van der Waals surface area contributed by atoms with Crippen molar-refractivity contribution in [2.24, 2.45) is 0 Å². The summed E-state index contributed by atoms with van der Waals surface area (Å²) in [5.41, 5.74) is 1.51. The first kappa shape index (κ1) is 10.0. The van der Waals surface area contributed by atoms with E-state index in [2.05, 4.69) is 15.0 Å². The van der Waals surface area contributed by atoms with Gasteiger partial charge in [0.25, 0.3) is 0 Å². The van der Waals surface area contributed by atoms with Crippen molar-refractivity contribution in [3.63, 3.8) is 0 Å². The SMILES string of the molecule is O=Cc1ccncc1N1CCCn2nccc21. The second-order valence-electron chi connectivity index (χ2n) is 3.97. The summed E-state index contributed by atoms with van der Waals surface area (Å²) in [7, 11) is 0. The van der Waals surface area contributed by atoms with Crippen LogP contribution in [0.3, 0.4) is 0 Å². The molecule has 1 aliphatic heterocycles. The number of anilines is 2. The Morgan fingerprint density at radius 3 is 3.06 bits per heavy atom. The Labute approximate surface area is 98.7 Å². The van der Waals surface area contributed by atoms with Crippen LogP contribution in [0.2, 0.25) is 0 Å². The molecule has 17 heavy (non-hydrogen) atoms. The molecule has 5 nitrogen and oxygen atoms in total. The molecule has 86 valence electrons. The van der Waals surface area contributed by atoms with E-state index in [0.29, 0.717) is 5.56 Å². The second kappa shape index (κ2) is 4.01. The van der Waals surface area contributed by atoms with Gasteiger partial charge in [-0.2, -0.15) is 5.10 Å². The molecule has 0 saturated heterocycles. The van der Waals surface area contributed by atoms with Crippen LogP contribution >= 0.6 is 0 Å². The Bertz CT molecular complexity index is 549. The zero-order valence-corrected chi connectivity index (χ0v) is 9.28. The molecule has 0 saturated carbocycles. The van der Waals surface area contributed by atoms with Crippen molar-refractivity contribution in [1.29, 1.82) is 0 Å². The molecule has 2 aromatic heterocycles. The number of aryl methyl sites for hydroxylation is 1. The van der Waals surface area contributed by atoms with Crippen molar-refractivity contribution in [3.05, 3.63) is 36.3 Å². The van der Waals surface area contributed by atoms with Gasteiger partial charge in [0.1, 0.15) is 5.82 Å². The van der Waals surface area contributed by atoms with Crippen molar-refractivity contribution >= 4 is 17.8 Å². The van der Waals surface area contributed by atoms with Gasteiger partial charge in [0.05, 0.1) is 18.1 Å². The van der Waals surface area contributed by atoms with E-state index >= 15 is 0 Å². The lowest BCUT2D eigenvalue weighted by Crippen LogP contribution is -2.28. The largest absolute Gasteiger partial charge is 0.325 e. The molecule has 0 spiro atoms. The highest BCUT2D eigenvalue weighted by atomic mass is 16.1. The molecular weight excluding hydrogens is 216 g/mol. The second-order valence-corrected chi connectivity index (χ2v) is 3.97. The molecule has 0 aliphatic carbocycles. The monoisotopic (exact) mass is 228 g/mol. The maximum absolute atomic E-state index is 11.0. The normalized spacial score (nSPS) is 14.5. The van der Waals surface area contributed by atoms with E-state index < -0.39 is 0 Å². The van der Waals surface area contributed by atoms with Gasteiger partial charge in [0, 0.05) is 30.9 Å². The van der Waals surface area contributed by atoms with Crippen LogP contribution in [-0.4, -0.2) is 27.6 Å². The first-order chi connectivity index (χ1) is 8.40. The Kier molecular flexibility index (Phi) is 2.36. The zero-order chi connectivity index (χ0) is 11.7. The summed E-state index contributed by atoms with van der Waals surface area (Å²) in [4.78, 5) is 17.2. The van der Waals surface area contributed by atoms with Crippen LogP contribution in [0.5, 0.6) is 0 Å². The molecule has 3 heterocycles. The number of carbonyl (C=O) groups is 1. The molecule has 0 fully saturated rings. The lowest BCUT2D eigenvalue weighted by atomic mass is 10.2. The molecule has 0 aromatic carbocycles. The van der Waals surface area contributed by atoms with Crippen molar-refractivity contribution in [2.75, 3.05) is 11.4 Å². The van der Waals surface area contributed by atoms with E-state index in [1.807, 2.05) is 10.7 Å². The highest BCUT2D eigenvalue weighted by Crippen LogP contribution is 2.29. The molecule has 2 aromatic rings. The van der Waals surface area contributed by atoms with Gasteiger partial charge in [0.15, 0.2) is 6.29 Å². The van der Waals surface area contributed by atoms with Gasteiger partial charge < -0.3 is 4.90 Å². The lowest BCUT2D eigenvalue weighted by molar-refractivity contribution is 0.112. The molecule has 0 bridgehead atoms. The van der Waals surface area contributed by atoms with Crippen LogP contribution in [0.4, 0.5) is 11.5 Å². The third-order valence-corrected chi connectivity index (χ3v) is 2.97. The Hall–Kier alpha value is -2.17. The highest BCUT2D eigenvalue weighted by Gasteiger charge is 2.20. The molecule has 0 N–H and O–H groups in total. The molecule has 5 heteroatoms. The number of hydrogen-bond donors (Lipinski definition) is 0. The van der Waals surface area contributed by atoms with Gasteiger partial charge in [-0.05, 0) is 12.5 Å². The van der Waals surface area contributed by atoms with E-state index in [4.69, 9.17) is 0 Å². The number of aldehydes is 1. The first-order valence-corrected chi connectivity index (χ1v) is 5.58. The van der Waals surface area contributed by atoms with Crippen LogP contribution in [0.1, 0.15) is 16.8 Å². The number of rotatable bonds is 2. The molecule has 0 radical (unpaired) electrons. The summed E-state index contributed by atoms with van der Waals surface area (Å²) in [5.74, 6) is 1.02. The van der Waals surface area contributed by atoms with Gasteiger partial charge in [-0.1, -0.05) is 0 Å². The molecule has 0 atom stereocenters. The van der Waals surface area contributed by atoms with Crippen LogP contribution in [0.25, 0.3) is 0 Å². The van der Waals surface area contributed by atoms with Crippen molar-refractivity contribution in [3.8, 4) is 0 Å². The quantitative estimate of drug-likeness (QED) is 0.733. The molecular formula is C12H12N4O. The van der Waals surface area contributed by atoms with Crippen LogP contribution in [0.15, 0.2) is 30.7 Å². The van der Waals surface area contributed by atoms with Gasteiger partial charge in [-0.25, -0.2) is 4.68 Å². The third-order valence-electron chi connectivity index (χ3n) is 2.97. The minimum absolute atomic E-state index is 0.662. The van der Waals surface area contributed by atoms with Gasteiger partial charge in [0.2, 0.25) is 0 Å². The van der Waals surface area contributed by atoms with E-state index in [1.54, 1.807) is 24.7 Å². The Balaban J connectivity index is 2.09. The molecule has 0 amide bonds. The lowest BCUT2D eigenvalue weighted by Gasteiger charge is -2.29. The smallest absolute Gasteiger partial charge is 0.152 e. The fraction of sp³-hybridized carbons (Fsp3) is 0.250. The van der Waals surface area contributed by atoms with Crippen molar-refractivity contribution in [2.45, 2.75) is 13.0 Å². The number of nitrogens with zero attached hydrogens (tertiary/aromatic N) is 4. The average Bonchev–Trinajstić information content (AvgIpc) is 2.86. The third kappa shape index (κ3) is 1.60. The van der Waals surface area contributed by atoms with Gasteiger partial charge in [-0.15, -0.1) is 0 Å². The number of carbonyl (C=O) groups excluding carboxylic acids is 1. The van der Waals surface area contributed by atoms with Crippen molar-refractivity contribution in [1.82, 2.24) is 14.8 Å². The summed E-state index contributed by atoms with van der Waals surface area (Å²) in [6, 6.07) is 3.69. The fourth-order valence-corrected chi connectivity index (χ4v) is 2.19. The predicted molar refractivity (Wildman–Crippen MR) is 63.5 cm³/mol. The van der Waals surface area contributed by atoms with Gasteiger partial charge in [-0.3, -0.25) is 9.78 Å². The van der Waals surface area contributed by atoms with E-state index in [-0.39, 0.29) is 0 Å². The number of hydrogen-bond acceptors (Lipinski definition) is 4. The molecule has 3 rings (SSSR count). The molecule has 1 aliphatic rings. The van der Waals surface area contributed by atoms with E-state index in [0.717, 1.165) is 37.3 Å². The summed E-state index contributed by atoms with van der Waals surface area (Å²) >= 11 is 0.